The van der Waals surface area contributed by atoms with Crippen molar-refractivity contribution in [3.8, 4) is 11.3 Å². The fraction of sp³-hybridized carbons (Fsp3) is 0.0476. The van der Waals surface area contributed by atoms with E-state index in [0.29, 0.717) is 20.8 Å². The molecule has 2 aromatic carbocycles. The third kappa shape index (κ3) is 2.92. The Balaban J connectivity index is 1.62. The number of hydrogen-bond acceptors (Lipinski definition) is 4. The molecule has 0 atom stereocenters. The number of furan rings is 1. The smallest absolute Gasteiger partial charge is 0.417 e. The molecule has 0 aliphatic carbocycles. The summed E-state index contributed by atoms with van der Waals surface area (Å²) in [6.07, 6.45) is -2.97. The van der Waals surface area contributed by atoms with E-state index in [4.69, 9.17) is 4.42 Å². The molecule has 3 aromatic heterocycles. The zero-order valence-electron chi connectivity index (χ0n) is 14.6. The van der Waals surface area contributed by atoms with Crippen molar-refractivity contribution in [2.24, 2.45) is 0 Å². The van der Waals surface area contributed by atoms with Crippen LogP contribution in [0.25, 0.3) is 33.4 Å². The standard InChI is InChI=1S/C21H11F3N2O2S/c22-21(23,24)14-6-2-1-5-13(14)17-10-9-12(28-17)11-18-19(27)26-16-8-4-3-7-15(16)25-20(26)29-18/h1-11H/b18-11-. The van der Waals surface area contributed by atoms with Crippen LogP contribution in [0, 0.1) is 0 Å². The van der Waals surface area contributed by atoms with E-state index < -0.39 is 11.7 Å². The van der Waals surface area contributed by atoms with Gasteiger partial charge in [-0.1, -0.05) is 41.7 Å². The number of imidazole rings is 1. The van der Waals surface area contributed by atoms with Gasteiger partial charge in [-0.05, 0) is 30.3 Å². The first-order valence-electron chi connectivity index (χ1n) is 8.60. The van der Waals surface area contributed by atoms with Gasteiger partial charge in [0.1, 0.15) is 16.1 Å². The molecular formula is C21H11F3N2O2S. The number of benzene rings is 2. The van der Waals surface area contributed by atoms with E-state index in [2.05, 4.69) is 4.98 Å². The summed E-state index contributed by atoms with van der Waals surface area (Å²) in [6, 6.07) is 15.5. The largest absolute Gasteiger partial charge is 0.457 e. The second-order valence-electron chi connectivity index (χ2n) is 6.38. The van der Waals surface area contributed by atoms with E-state index in [1.807, 2.05) is 24.3 Å². The summed E-state index contributed by atoms with van der Waals surface area (Å²) in [6.45, 7) is 0. The van der Waals surface area contributed by atoms with Gasteiger partial charge in [0.2, 0.25) is 0 Å². The normalized spacial score (nSPS) is 13.0. The predicted molar refractivity (Wildman–Crippen MR) is 105 cm³/mol. The molecule has 0 fully saturated rings. The monoisotopic (exact) mass is 412 g/mol. The number of para-hydroxylation sites is 2. The molecule has 0 aliphatic heterocycles. The Labute approximate surface area is 165 Å². The molecule has 0 N–H and O–H groups in total. The Morgan fingerprint density at radius 2 is 1.76 bits per heavy atom. The van der Waals surface area contributed by atoms with Crippen molar-refractivity contribution < 1.29 is 17.6 Å². The van der Waals surface area contributed by atoms with Crippen LogP contribution in [0.3, 0.4) is 0 Å². The summed E-state index contributed by atoms with van der Waals surface area (Å²) in [5, 5.41) is 0. The van der Waals surface area contributed by atoms with Crippen LogP contribution in [0.5, 0.6) is 0 Å². The van der Waals surface area contributed by atoms with Crippen LogP contribution in [0.4, 0.5) is 13.2 Å². The number of thiazole rings is 1. The van der Waals surface area contributed by atoms with Crippen molar-refractivity contribution in [3.63, 3.8) is 0 Å². The van der Waals surface area contributed by atoms with Crippen molar-refractivity contribution in [2.45, 2.75) is 6.18 Å². The van der Waals surface area contributed by atoms with Gasteiger partial charge >= 0.3 is 6.18 Å². The average molecular weight is 412 g/mol. The van der Waals surface area contributed by atoms with Crippen LogP contribution < -0.4 is 10.1 Å². The molecule has 0 aliphatic rings. The van der Waals surface area contributed by atoms with Crippen molar-refractivity contribution in [3.05, 3.63) is 86.9 Å². The molecule has 0 saturated heterocycles. The van der Waals surface area contributed by atoms with Gasteiger partial charge in [-0.2, -0.15) is 13.2 Å². The zero-order valence-corrected chi connectivity index (χ0v) is 15.4. The fourth-order valence-corrected chi connectivity index (χ4v) is 4.23. The third-order valence-corrected chi connectivity index (χ3v) is 5.51. The molecular weight excluding hydrogens is 401 g/mol. The van der Waals surface area contributed by atoms with Gasteiger partial charge in [-0.3, -0.25) is 4.79 Å². The van der Waals surface area contributed by atoms with Crippen LogP contribution in [0.2, 0.25) is 0 Å². The Kier molecular flexibility index (Phi) is 3.85. The minimum absolute atomic E-state index is 0.0472. The third-order valence-electron chi connectivity index (χ3n) is 4.54. The number of rotatable bonds is 2. The second-order valence-corrected chi connectivity index (χ2v) is 7.39. The van der Waals surface area contributed by atoms with E-state index in [-0.39, 0.29) is 16.9 Å². The van der Waals surface area contributed by atoms with Crippen LogP contribution in [-0.2, 0) is 6.18 Å². The summed E-state index contributed by atoms with van der Waals surface area (Å²) >= 11 is 1.20. The Hall–Kier alpha value is -3.39. The summed E-state index contributed by atoms with van der Waals surface area (Å²) in [7, 11) is 0. The van der Waals surface area contributed by atoms with Crippen LogP contribution >= 0.6 is 11.3 Å². The Morgan fingerprint density at radius 1 is 1.00 bits per heavy atom. The molecule has 0 spiro atoms. The summed E-state index contributed by atoms with van der Waals surface area (Å²) in [5.41, 5.74) is 0.377. The number of halogens is 3. The number of aromatic nitrogens is 2. The van der Waals surface area contributed by atoms with Crippen molar-refractivity contribution in [1.29, 1.82) is 0 Å². The second kappa shape index (κ2) is 6.31. The molecule has 0 amide bonds. The van der Waals surface area contributed by atoms with Gasteiger partial charge in [0.15, 0.2) is 4.96 Å². The molecule has 3 heterocycles. The lowest BCUT2D eigenvalue weighted by atomic mass is 10.1. The summed E-state index contributed by atoms with van der Waals surface area (Å²) in [4.78, 5) is 17.8. The van der Waals surface area contributed by atoms with E-state index in [1.54, 1.807) is 6.07 Å². The summed E-state index contributed by atoms with van der Waals surface area (Å²) in [5.74, 6) is 0.381. The number of fused-ring (bicyclic) bond motifs is 3. The molecule has 0 saturated carbocycles. The maximum Gasteiger partial charge on any atom is 0.417 e. The van der Waals surface area contributed by atoms with Crippen LogP contribution in [0.15, 0.2) is 69.9 Å². The molecule has 8 heteroatoms. The number of alkyl halides is 3. The van der Waals surface area contributed by atoms with Crippen molar-refractivity contribution in [2.75, 3.05) is 0 Å². The van der Waals surface area contributed by atoms with Crippen molar-refractivity contribution in [1.82, 2.24) is 9.38 Å². The SMILES string of the molecule is O=c1/c(=C/c2ccc(-c3ccccc3C(F)(F)F)o2)sc2nc3ccccc3n12. The van der Waals surface area contributed by atoms with Gasteiger partial charge in [0.05, 0.1) is 16.6 Å². The Bertz CT molecular complexity index is 1480. The lowest BCUT2D eigenvalue weighted by Gasteiger charge is -2.10. The quantitative estimate of drug-likeness (QED) is 0.421. The lowest BCUT2D eigenvalue weighted by molar-refractivity contribution is -0.137. The zero-order chi connectivity index (χ0) is 20.2. The molecule has 0 unspecified atom stereocenters. The molecule has 4 nitrogen and oxygen atoms in total. The molecule has 5 rings (SSSR count). The minimum Gasteiger partial charge on any atom is -0.457 e. The predicted octanol–water partition coefficient (Wildman–Crippen LogP) is 4.74. The number of hydrogen-bond donors (Lipinski definition) is 0. The van der Waals surface area contributed by atoms with Gasteiger partial charge in [0, 0.05) is 11.6 Å². The fourth-order valence-electron chi connectivity index (χ4n) is 3.26. The maximum absolute atomic E-state index is 13.3. The Morgan fingerprint density at radius 3 is 2.59 bits per heavy atom. The van der Waals surface area contributed by atoms with Gasteiger partial charge in [-0.25, -0.2) is 9.38 Å². The average Bonchev–Trinajstić information content (AvgIpc) is 3.37. The summed E-state index contributed by atoms with van der Waals surface area (Å²) < 4.78 is 47.3. The van der Waals surface area contributed by atoms with E-state index >= 15 is 0 Å². The van der Waals surface area contributed by atoms with Gasteiger partial charge in [-0.15, -0.1) is 0 Å². The molecule has 0 bridgehead atoms. The van der Waals surface area contributed by atoms with Crippen LogP contribution in [-0.4, -0.2) is 9.38 Å². The highest BCUT2D eigenvalue weighted by Crippen LogP contribution is 2.37. The van der Waals surface area contributed by atoms with E-state index in [0.717, 1.165) is 11.6 Å². The van der Waals surface area contributed by atoms with E-state index in [9.17, 15) is 18.0 Å². The van der Waals surface area contributed by atoms with E-state index in [1.165, 1.54) is 46.1 Å². The first-order chi connectivity index (χ1) is 13.9. The van der Waals surface area contributed by atoms with Crippen LogP contribution in [0.1, 0.15) is 11.3 Å². The maximum atomic E-state index is 13.3. The number of nitrogens with zero attached hydrogens (tertiary/aromatic N) is 2. The highest BCUT2D eigenvalue weighted by atomic mass is 32.1. The molecule has 5 aromatic rings. The highest BCUT2D eigenvalue weighted by Gasteiger charge is 2.34. The van der Waals surface area contributed by atoms with Gasteiger partial charge < -0.3 is 4.42 Å². The first kappa shape index (κ1) is 17.7. The minimum atomic E-state index is -4.49. The first-order valence-corrected chi connectivity index (χ1v) is 9.41. The topological polar surface area (TPSA) is 47.5 Å². The highest BCUT2D eigenvalue weighted by molar-refractivity contribution is 7.15. The molecule has 144 valence electrons. The van der Waals surface area contributed by atoms with Gasteiger partial charge in [0.25, 0.3) is 5.56 Å². The molecule has 29 heavy (non-hydrogen) atoms. The lowest BCUT2D eigenvalue weighted by Crippen LogP contribution is -2.22. The van der Waals surface area contributed by atoms with Crippen molar-refractivity contribution >= 4 is 33.4 Å². The molecule has 0 radical (unpaired) electrons.